The van der Waals surface area contributed by atoms with Crippen molar-refractivity contribution in [1.82, 2.24) is 0 Å². The number of ether oxygens (including phenoxy) is 2. The molecule has 3 nitrogen and oxygen atoms in total. The standard InChI is InChI=1S/C29H47F2O3.3Y/c1-20(13-15-29(30,31)27(2,3)34-6)25-11-12-26-23(8-7-14-28(25,26)4)10-9-21-16-22(19-32)18-24(17-21)33-5;;;/h9-10,18,20,22,24-26,32H,7-8,11-17,19H2,1-6H3;;;/q-1;;;/b21-9-,23-10+;;;/t20?,22-,24-,25?,26?,28-;;;/m1.../s1. The van der Waals surface area contributed by atoms with Gasteiger partial charge in [0.2, 0.25) is 0 Å². The second-order valence-electron chi connectivity index (χ2n) is 11.9. The van der Waals surface area contributed by atoms with Crippen LogP contribution in [0, 0.1) is 35.5 Å². The van der Waals surface area contributed by atoms with Gasteiger partial charge in [0.15, 0.2) is 0 Å². The molecule has 3 rings (SSSR count). The van der Waals surface area contributed by atoms with Crippen LogP contribution in [0.25, 0.3) is 0 Å². The Morgan fingerprint density at radius 3 is 2.41 bits per heavy atom. The summed E-state index contributed by atoms with van der Waals surface area (Å²) in [7, 11) is 3.10. The summed E-state index contributed by atoms with van der Waals surface area (Å²) in [5.74, 6) is -1.37. The fourth-order valence-electron chi connectivity index (χ4n) is 7.04. The van der Waals surface area contributed by atoms with Gasteiger partial charge in [-0.1, -0.05) is 49.7 Å². The Balaban J connectivity index is 0.00000432. The zero-order valence-corrected chi connectivity index (χ0v) is 32.5. The molecule has 3 fully saturated rings. The molecule has 3 unspecified atom stereocenters. The van der Waals surface area contributed by atoms with E-state index in [1.165, 1.54) is 44.9 Å². The Morgan fingerprint density at radius 1 is 1.14 bits per heavy atom. The number of rotatable bonds is 9. The summed E-state index contributed by atoms with van der Waals surface area (Å²) < 4.78 is 40.2. The molecule has 37 heavy (non-hydrogen) atoms. The van der Waals surface area contributed by atoms with Crippen molar-refractivity contribution in [2.75, 3.05) is 20.8 Å². The molecule has 3 radical (unpaired) electrons. The molecule has 3 aliphatic rings. The molecule has 8 heteroatoms. The third kappa shape index (κ3) is 9.51. The molecule has 3 aliphatic carbocycles. The summed E-state index contributed by atoms with van der Waals surface area (Å²) in [5, 5.41) is 9.65. The second-order valence-corrected chi connectivity index (χ2v) is 11.9. The van der Waals surface area contributed by atoms with Gasteiger partial charge in [0.25, 0.3) is 5.92 Å². The predicted molar refractivity (Wildman–Crippen MR) is 134 cm³/mol. The van der Waals surface area contributed by atoms with E-state index in [0.717, 1.165) is 32.1 Å². The molecular formula is C29H47F2O3Y3-. The molecule has 0 heterocycles. The van der Waals surface area contributed by atoms with Crippen LogP contribution < -0.4 is 0 Å². The predicted octanol–water partition coefficient (Wildman–Crippen LogP) is 7.15. The number of aliphatic hydroxyl groups excluding tert-OH is 1. The molecule has 0 spiro atoms. The van der Waals surface area contributed by atoms with E-state index in [1.54, 1.807) is 7.11 Å². The fourth-order valence-corrected chi connectivity index (χ4v) is 7.04. The first-order valence-electron chi connectivity index (χ1n) is 13.3. The van der Waals surface area contributed by atoms with Crippen molar-refractivity contribution in [3.63, 3.8) is 0 Å². The summed E-state index contributed by atoms with van der Waals surface area (Å²) in [6, 6.07) is 0. The number of methoxy groups -OCH3 is 2. The smallest absolute Gasteiger partial charge is 0.275 e. The van der Waals surface area contributed by atoms with Crippen LogP contribution in [0.4, 0.5) is 8.78 Å². The molecule has 205 valence electrons. The van der Waals surface area contributed by atoms with Crippen LogP contribution in [0.15, 0.2) is 23.3 Å². The van der Waals surface area contributed by atoms with Crippen molar-refractivity contribution in [1.29, 1.82) is 0 Å². The summed E-state index contributed by atoms with van der Waals surface area (Å²) >= 11 is 0. The van der Waals surface area contributed by atoms with Gasteiger partial charge < -0.3 is 14.6 Å². The largest absolute Gasteiger partial charge is 0.413 e. The minimum atomic E-state index is -2.83. The first-order chi connectivity index (χ1) is 16.0. The molecule has 0 bridgehead atoms. The van der Waals surface area contributed by atoms with Gasteiger partial charge in [0.05, 0.1) is 0 Å². The molecule has 0 aliphatic heterocycles. The topological polar surface area (TPSA) is 38.7 Å². The minimum Gasteiger partial charge on any atom is -0.413 e. The summed E-state index contributed by atoms with van der Waals surface area (Å²) in [4.78, 5) is 0. The minimum absolute atomic E-state index is 0. The van der Waals surface area contributed by atoms with Crippen molar-refractivity contribution in [2.45, 2.75) is 103 Å². The fraction of sp³-hybridized carbons (Fsp3) is 0.828. The van der Waals surface area contributed by atoms with Gasteiger partial charge in [0.1, 0.15) is 5.60 Å². The quantitative estimate of drug-likeness (QED) is 0.255. The zero-order valence-electron chi connectivity index (χ0n) is 23.9. The Morgan fingerprint density at radius 2 is 1.81 bits per heavy atom. The van der Waals surface area contributed by atoms with Crippen LogP contribution in [0.1, 0.15) is 85.5 Å². The van der Waals surface area contributed by atoms with Crippen LogP contribution in [0.2, 0.25) is 0 Å². The number of fused-ring (bicyclic) bond motifs is 1. The van der Waals surface area contributed by atoms with E-state index in [1.807, 2.05) is 0 Å². The van der Waals surface area contributed by atoms with Crippen molar-refractivity contribution < 1.29 is 121 Å². The monoisotopic (exact) mass is 748 g/mol. The Kier molecular flexibility index (Phi) is 18.1. The van der Waals surface area contributed by atoms with Gasteiger partial charge in [-0.2, -0.15) is 0 Å². The van der Waals surface area contributed by atoms with Gasteiger partial charge in [-0.3, -0.25) is 6.42 Å². The zero-order chi connectivity index (χ0) is 25.1. The third-order valence-corrected chi connectivity index (χ3v) is 9.57. The maximum absolute atomic E-state index is 14.8. The molecule has 6 atom stereocenters. The Hall–Kier alpha value is 2.53. The van der Waals surface area contributed by atoms with Gasteiger partial charge in [-0.15, -0.1) is 5.92 Å². The van der Waals surface area contributed by atoms with Crippen molar-refractivity contribution in [3.05, 3.63) is 29.7 Å². The van der Waals surface area contributed by atoms with Crippen LogP contribution in [0.5, 0.6) is 0 Å². The molecule has 3 saturated carbocycles. The molecule has 1 N–H and O–H groups in total. The van der Waals surface area contributed by atoms with Crippen LogP contribution in [0.3, 0.4) is 0 Å². The molecular weight excluding hydrogens is 701 g/mol. The van der Waals surface area contributed by atoms with Gasteiger partial charge in [-0.05, 0) is 82.0 Å². The first kappa shape index (κ1) is 39.5. The normalized spacial score (nSPS) is 33.2. The number of hydrogen-bond acceptors (Lipinski definition) is 3. The Bertz CT molecular complexity index is 745. The SMILES string of the molecule is CO[C@H]1[CH-][C@H](CO)C/C(=C/C=C2\CCC[C@@]3(C)C2CCC3C(C)CCC(F)(F)C(C)(C)OC)C1.[Y].[Y].[Y]. The molecule has 0 aromatic rings. The third-order valence-electron chi connectivity index (χ3n) is 9.57. The van der Waals surface area contributed by atoms with Gasteiger partial charge in [-0.25, -0.2) is 8.78 Å². The van der Waals surface area contributed by atoms with Crippen molar-refractivity contribution >= 4 is 0 Å². The van der Waals surface area contributed by atoms with E-state index >= 15 is 0 Å². The Labute approximate surface area is 300 Å². The maximum atomic E-state index is 14.8. The maximum Gasteiger partial charge on any atom is 0.275 e. The molecule has 0 amide bonds. The van der Waals surface area contributed by atoms with Gasteiger partial charge >= 0.3 is 0 Å². The van der Waals surface area contributed by atoms with E-state index in [0.29, 0.717) is 18.3 Å². The number of halogens is 2. The van der Waals surface area contributed by atoms with Crippen molar-refractivity contribution in [2.24, 2.45) is 29.1 Å². The average Bonchev–Trinajstić information content (AvgIpc) is 3.18. The number of aliphatic hydroxyl groups is 1. The van der Waals surface area contributed by atoms with Crippen LogP contribution in [-0.4, -0.2) is 43.6 Å². The first-order valence-corrected chi connectivity index (χ1v) is 13.3. The molecule has 0 saturated heterocycles. The van der Waals surface area contributed by atoms with Gasteiger partial charge in [0, 0.05) is 125 Å². The average molecular weight is 748 g/mol. The number of allylic oxidation sites excluding steroid dienone is 3. The molecule has 0 aromatic carbocycles. The van der Waals surface area contributed by atoms with E-state index in [-0.39, 0.29) is 135 Å². The molecule has 0 aromatic heterocycles. The van der Waals surface area contributed by atoms with Crippen LogP contribution in [-0.2, 0) is 108 Å². The number of hydrogen-bond donors (Lipinski definition) is 1. The van der Waals surface area contributed by atoms with E-state index in [2.05, 4.69) is 32.4 Å². The van der Waals surface area contributed by atoms with Crippen LogP contribution >= 0.6 is 0 Å². The number of alkyl halides is 2. The summed E-state index contributed by atoms with van der Waals surface area (Å²) in [6.45, 7) is 7.74. The summed E-state index contributed by atoms with van der Waals surface area (Å²) in [6.07, 6.45) is 14.8. The van der Waals surface area contributed by atoms with E-state index < -0.39 is 11.5 Å². The second kappa shape index (κ2) is 17.0. The summed E-state index contributed by atoms with van der Waals surface area (Å²) in [5.41, 5.74) is 1.64. The van der Waals surface area contributed by atoms with E-state index in [9.17, 15) is 13.9 Å². The van der Waals surface area contributed by atoms with E-state index in [4.69, 9.17) is 9.47 Å². The van der Waals surface area contributed by atoms with Crippen molar-refractivity contribution in [3.8, 4) is 0 Å².